The summed E-state index contributed by atoms with van der Waals surface area (Å²) in [6, 6.07) is 5.96. The Balaban J connectivity index is 1.15. The van der Waals surface area contributed by atoms with E-state index >= 15 is 0 Å². The molecule has 0 radical (unpaired) electrons. The van der Waals surface area contributed by atoms with Crippen LogP contribution in [0, 0.1) is 23.2 Å². The molecule has 4 aliphatic carbocycles. The van der Waals surface area contributed by atoms with E-state index in [-0.39, 0.29) is 28.8 Å². The third kappa shape index (κ3) is 5.12. The summed E-state index contributed by atoms with van der Waals surface area (Å²) in [4.78, 5) is 24.6. The zero-order chi connectivity index (χ0) is 25.5. The standard InChI is InChI=1S/C28H39N3O4S/c1-3-26(32)30-24-8-11-31(19(2)12-24)36(34,35)25-6-4-23(5-7-25)27(33)29-10-9-28-16-20-13-21(17-28)15-22(14-20)18-28/h3-7,19-22,24H,1,8-18H2,2H3,(H,29,33)(H,30,32). The van der Waals surface area contributed by atoms with Gasteiger partial charge < -0.3 is 10.6 Å². The van der Waals surface area contributed by atoms with Crippen LogP contribution in [0.3, 0.4) is 0 Å². The van der Waals surface area contributed by atoms with Crippen molar-refractivity contribution in [1.29, 1.82) is 0 Å². The molecule has 5 aliphatic rings. The highest BCUT2D eigenvalue weighted by Crippen LogP contribution is 2.61. The highest BCUT2D eigenvalue weighted by molar-refractivity contribution is 7.89. The highest BCUT2D eigenvalue weighted by atomic mass is 32.2. The molecule has 36 heavy (non-hydrogen) atoms. The number of rotatable bonds is 8. The molecule has 8 heteroatoms. The third-order valence-electron chi connectivity index (χ3n) is 9.18. The van der Waals surface area contributed by atoms with E-state index in [1.165, 1.54) is 61.0 Å². The molecule has 1 saturated heterocycles. The van der Waals surface area contributed by atoms with Crippen LogP contribution < -0.4 is 10.6 Å². The summed E-state index contributed by atoms with van der Waals surface area (Å²) in [6.07, 6.45) is 11.6. The van der Waals surface area contributed by atoms with Crippen LogP contribution in [0.15, 0.2) is 41.8 Å². The maximum Gasteiger partial charge on any atom is 0.251 e. The van der Waals surface area contributed by atoms with Crippen LogP contribution in [0.4, 0.5) is 0 Å². The van der Waals surface area contributed by atoms with Gasteiger partial charge in [0.15, 0.2) is 0 Å². The van der Waals surface area contributed by atoms with Gasteiger partial charge in [0.25, 0.3) is 5.91 Å². The quantitative estimate of drug-likeness (QED) is 0.516. The maximum atomic E-state index is 13.3. The summed E-state index contributed by atoms with van der Waals surface area (Å²) >= 11 is 0. The van der Waals surface area contributed by atoms with Crippen LogP contribution in [-0.2, 0) is 14.8 Å². The molecule has 2 amide bonds. The molecule has 196 valence electrons. The third-order valence-corrected chi connectivity index (χ3v) is 11.2. The molecule has 2 unspecified atom stereocenters. The number of carbonyl (C=O) groups is 2. The van der Waals surface area contributed by atoms with Crippen LogP contribution in [0.5, 0.6) is 0 Å². The van der Waals surface area contributed by atoms with Gasteiger partial charge in [0.2, 0.25) is 15.9 Å². The number of carbonyl (C=O) groups excluding carboxylic acids is 2. The summed E-state index contributed by atoms with van der Waals surface area (Å²) in [5, 5.41) is 5.95. The number of amides is 2. The lowest BCUT2D eigenvalue weighted by Crippen LogP contribution is -2.50. The molecule has 1 heterocycles. The molecule has 1 aliphatic heterocycles. The van der Waals surface area contributed by atoms with Gasteiger partial charge in [0, 0.05) is 30.7 Å². The number of hydrogen-bond acceptors (Lipinski definition) is 4. The van der Waals surface area contributed by atoms with E-state index in [1.54, 1.807) is 12.1 Å². The second-order valence-corrected chi connectivity index (χ2v) is 13.7. The fourth-order valence-electron chi connectivity index (χ4n) is 7.95. The summed E-state index contributed by atoms with van der Waals surface area (Å²) in [5.74, 6) is 2.33. The second-order valence-electron chi connectivity index (χ2n) is 11.8. The van der Waals surface area contributed by atoms with Crippen molar-refractivity contribution in [2.24, 2.45) is 23.2 Å². The topological polar surface area (TPSA) is 95.6 Å². The Labute approximate surface area is 215 Å². The Morgan fingerprint density at radius 2 is 1.67 bits per heavy atom. The van der Waals surface area contributed by atoms with Crippen molar-refractivity contribution in [2.75, 3.05) is 13.1 Å². The SMILES string of the molecule is C=CC(=O)NC1CCN(S(=O)(=O)c2ccc(C(=O)NCCC34CC5CC(CC(C5)C3)C4)cc2)C(C)C1. The predicted molar refractivity (Wildman–Crippen MR) is 139 cm³/mol. The molecule has 1 aromatic rings. The molecular formula is C28H39N3O4S. The molecule has 6 rings (SSSR count). The predicted octanol–water partition coefficient (Wildman–Crippen LogP) is 3.87. The molecule has 7 nitrogen and oxygen atoms in total. The first-order valence-electron chi connectivity index (χ1n) is 13.5. The fourth-order valence-corrected chi connectivity index (χ4v) is 9.61. The lowest BCUT2D eigenvalue weighted by Gasteiger charge is -2.57. The Morgan fingerprint density at radius 3 is 2.22 bits per heavy atom. The monoisotopic (exact) mass is 513 g/mol. The van der Waals surface area contributed by atoms with Crippen LogP contribution in [-0.4, -0.2) is 49.7 Å². The summed E-state index contributed by atoms with van der Waals surface area (Å²) < 4.78 is 28.0. The number of sulfonamides is 1. The van der Waals surface area contributed by atoms with Crippen molar-refractivity contribution >= 4 is 21.8 Å². The van der Waals surface area contributed by atoms with E-state index in [0.29, 0.717) is 36.9 Å². The van der Waals surface area contributed by atoms with Gasteiger partial charge in [0.05, 0.1) is 4.90 Å². The second kappa shape index (κ2) is 9.93. The Kier molecular flexibility index (Phi) is 7.03. The van der Waals surface area contributed by atoms with Gasteiger partial charge in [-0.3, -0.25) is 9.59 Å². The van der Waals surface area contributed by atoms with Gasteiger partial charge in [-0.15, -0.1) is 0 Å². The van der Waals surface area contributed by atoms with Gasteiger partial charge in [0.1, 0.15) is 0 Å². The minimum atomic E-state index is -3.69. The van der Waals surface area contributed by atoms with E-state index in [1.807, 2.05) is 6.92 Å². The number of piperidine rings is 1. The minimum absolute atomic E-state index is 0.0681. The van der Waals surface area contributed by atoms with Gasteiger partial charge in [-0.05, 0) is 118 Å². The van der Waals surface area contributed by atoms with E-state index in [2.05, 4.69) is 17.2 Å². The van der Waals surface area contributed by atoms with Crippen molar-refractivity contribution in [1.82, 2.24) is 14.9 Å². The number of benzene rings is 1. The van der Waals surface area contributed by atoms with Crippen molar-refractivity contribution in [3.63, 3.8) is 0 Å². The van der Waals surface area contributed by atoms with Crippen molar-refractivity contribution in [2.45, 2.75) is 81.7 Å². The molecular weight excluding hydrogens is 474 g/mol. The molecule has 2 N–H and O–H groups in total. The van der Waals surface area contributed by atoms with Crippen molar-refractivity contribution < 1.29 is 18.0 Å². The minimum Gasteiger partial charge on any atom is -0.352 e. The van der Waals surface area contributed by atoms with Crippen LogP contribution in [0.1, 0.15) is 75.1 Å². The normalized spacial score (nSPS) is 33.8. The molecule has 4 saturated carbocycles. The average molecular weight is 514 g/mol. The summed E-state index contributed by atoms with van der Waals surface area (Å²) in [7, 11) is -3.69. The summed E-state index contributed by atoms with van der Waals surface area (Å²) in [6.45, 7) is 6.33. The molecule has 2 atom stereocenters. The smallest absolute Gasteiger partial charge is 0.251 e. The molecule has 0 spiro atoms. The lowest BCUT2D eigenvalue weighted by atomic mass is 9.49. The molecule has 4 bridgehead atoms. The Morgan fingerprint density at radius 1 is 1.06 bits per heavy atom. The van der Waals surface area contributed by atoms with E-state index in [9.17, 15) is 18.0 Å². The lowest BCUT2D eigenvalue weighted by molar-refractivity contribution is -0.117. The number of hydrogen-bond donors (Lipinski definition) is 2. The Hall–Kier alpha value is -2.19. The number of nitrogens with one attached hydrogen (secondary N) is 2. The summed E-state index contributed by atoms with van der Waals surface area (Å²) in [5.41, 5.74) is 0.914. The number of nitrogens with zero attached hydrogens (tertiary/aromatic N) is 1. The first kappa shape index (κ1) is 25.5. The van der Waals surface area contributed by atoms with Crippen molar-refractivity contribution in [3.8, 4) is 0 Å². The van der Waals surface area contributed by atoms with E-state index in [0.717, 1.165) is 24.2 Å². The van der Waals surface area contributed by atoms with Gasteiger partial charge in [-0.2, -0.15) is 4.31 Å². The van der Waals surface area contributed by atoms with Gasteiger partial charge >= 0.3 is 0 Å². The fraction of sp³-hybridized carbons (Fsp3) is 0.643. The highest BCUT2D eigenvalue weighted by Gasteiger charge is 2.50. The van der Waals surface area contributed by atoms with Crippen LogP contribution in [0.25, 0.3) is 0 Å². The zero-order valence-electron chi connectivity index (χ0n) is 21.2. The Bertz CT molecular complexity index is 1080. The molecule has 5 fully saturated rings. The van der Waals surface area contributed by atoms with E-state index in [4.69, 9.17) is 0 Å². The average Bonchev–Trinajstić information content (AvgIpc) is 2.83. The van der Waals surface area contributed by atoms with Crippen LogP contribution in [0.2, 0.25) is 0 Å². The molecule has 0 aromatic heterocycles. The molecule has 1 aromatic carbocycles. The first-order valence-corrected chi connectivity index (χ1v) is 14.9. The van der Waals surface area contributed by atoms with Gasteiger partial charge in [-0.1, -0.05) is 6.58 Å². The van der Waals surface area contributed by atoms with Crippen molar-refractivity contribution in [3.05, 3.63) is 42.5 Å². The maximum absolute atomic E-state index is 13.3. The van der Waals surface area contributed by atoms with Gasteiger partial charge in [-0.25, -0.2) is 8.42 Å². The first-order chi connectivity index (χ1) is 17.2. The van der Waals surface area contributed by atoms with E-state index < -0.39 is 10.0 Å². The zero-order valence-corrected chi connectivity index (χ0v) is 22.1. The van der Waals surface area contributed by atoms with Crippen LogP contribution >= 0.6 is 0 Å². The largest absolute Gasteiger partial charge is 0.352 e.